The van der Waals surface area contributed by atoms with Crippen LogP contribution < -0.4 is 5.32 Å². The Morgan fingerprint density at radius 2 is 1.60 bits per heavy atom. The molecule has 6 heteroatoms. The Balaban J connectivity index is 1.85. The van der Waals surface area contributed by atoms with Gasteiger partial charge in [0.25, 0.3) is 5.91 Å². The molecule has 0 aliphatic heterocycles. The molecule has 0 radical (unpaired) electrons. The highest BCUT2D eigenvalue weighted by Crippen LogP contribution is 2.28. The first-order valence-corrected chi connectivity index (χ1v) is 9.96. The molecule has 0 atom stereocenters. The van der Waals surface area contributed by atoms with Crippen LogP contribution in [0.25, 0.3) is 0 Å². The highest BCUT2D eigenvalue weighted by atomic mass is 32.2. The van der Waals surface area contributed by atoms with Crippen molar-refractivity contribution < 1.29 is 13.2 Å². The molecule has 0 saturated heterocycles. The topological polar surface area (TPSA) is 63.2 Å². The zero-order valence-electron chi connectivity index (χ0n) is 13.8. The van der Waals surface area contributed by atoms with E-state index in [1.54, 1.807) is 30.3 Å². The fourth-order valence-corrected chi connectivity index (χ4v) is 4.92. The van der Waals surface area contributed by atoms with Crippen LogP contribution in [-0.4, -0.2) is 14.3 Å². The number of rotatable bonds is 4. The van der Waals surface area contributed by atoms with Crippen molar-refractivity contribution in [2.75, 3.05) is 5.32 Å². The SMILES string of the molecule is Cc1ccc(S(=O)(=O)c2ccc(C(=O)Nc3ccccc3C)s2)cc1. The van der Waals surface area contributed by atoms with Gasteiger partial charge in [0.15, 0.2) is 0 Å². The Morgan fingerprint density at radius 3 is 2.28 bits per heavy atom. The second-order valence-electron chi connectivity index (χ2n) is 5.70. The molecule has 4 nitrogen and oxygen atoms in total. The highest BCUT2D eigenvalue weighted by molar-refractivity contribution is 7.93. The molecule has 1 N–H and O–H groups in total. The molecular formula is C19H17NO3S2. The average Bonchev–Trinajstić information content (AvgIpc) is 3.08. The number of hydrogen-bond donors (Lipinski definition) is 1. The second kappa shape index (κ2) is 6.82. The van der Waals surface area contributed by atoms with E-state index in [0.29, 0.717) is 10.6 Å². The van der Waals surface area contributed by atoms with E-state index in [9.17, 15) is 13.2 Å². The third-order valence-corrected chi connectivity index (χ3v) is 7.14. The summed E-state index contributed by atoms with van der Waals surface area (Å²) in [6.07, 6.45) is 0. The molecule has 0 saturated carbocycles. The van der Waals surface area contributed by atoms with Crippen LogP contribution in [0.15, 0.2) is 69.8 Å². The van der Waals surface area contributed by atoms with Gasteiger partial charge in [0.2, 0.25) is 9.84 Å². The number of thiophene rings is 1. The van der Waals surface area contributed by atoms with Crippen molar-refractivity contribution in [3.8, 4) is 0 Å². The zero-order chi connectivity index (χ0) is 18.0. The number of carbonyl (C=O) groups is 1. The fourth-order valence-electron chi connectivity index (χ4n) is 2.32. The molecular weight excluding hydrogens is 354 g/mol. The molecule has 1 aromatic heterocycles. The van der Waals surface area contributed by atoms with Crippen molar-refractivity contribution in [1.29, 1.82) is 0 Å². The molecule has 3 rings (SSSR count). The molecule has 0 fully saturated rings. The van der Waals surface area contributed by atoms with Gasteiger partial charge in [-0.2, -0.15) is 0 Å². The summed E-state index contributed by atoms with van der Waals surface area (Å²) in [4.78, 5) is 13.0. The molecule has 0 spiro atoms. The van der Waals surface area contributed by atoms with Gasteiger partial charge < -0.3 is 5.32 Å². The number of sulfone groups is 1. The summed E-state index contributed by atoms with van der Waals surface area (Å²) in [6.45, 7) is 3.80. The van der Waals surface area contributed by atoms with Gasteiger partial charge in [-0.05, 0) is 49.7 Å². The minimum atomic E-state index is -3.61. The summed E-state index contributed by atoms with van der Waals surface area (Å²) in [6, 6.07) is 17.1. The van der Waals surface area contributed by atoms with Crippen molar-refractivity contribution in [3.05, 3.63) is 76.7 Å². The number of benzene rings is 2. The first-order chi connectivity index (χ1) is 11.9. The van der Waals surface area contributed by atoms with Gasteiger partial charge in [0.05, 0.1) is 9.77 Å². The Hall–Kier alpha value is -2.44. The zero-order valence-corrected chi connectivity index (χ0v) is 15.4. The number of aryl methyl sites for hydroxylation is 2. The van der Waals surface area contributed by atoms with E-state index in [4.69, 9.17) is 0 Å². The molecule has 0 aliphatic carbocycles. The molecule has 0 bridgehead atoms. The lowest BCUT2D eigenvalue weighted by Crippen LogP contribution is -2.10. The number of amides is 1. The summed E-state index contributed by atoms with van der Waals surface area (Å²) in [5, 5.41) is 2.82. The molecule has 2 aromatic carbocycles. The maximum atomic E-state index is 12.7. The third kappa shape index (κ3) is 3.65. The lowest BCUT2D eigenvalue weighted by atomic mass is 10.2. The third-order valence-electron chi connectivity index (χ3n) is 3.79. The highest BCUT2D eigenvalue weighted by Gasteiger charge is 2.21. The van der Waals surface area contributed by atoms with Gasteiger partial charge in [0, 0.05) is 5.69 Å². The molecule has 3 aromatic rings. The van der Waals surface area contributed by atoms with Crippen molar-refractivity contribution in [2.45, 2.75) is 23.0 Å². The summed E-state index contributed by atoms with van der Waals surface area (Å²) in [5.41, 5.74) is 2.65. The number of para-hydroxylation sites is 1. The first-order valence-electron chi connectivity index (χ1n) is 7.66. The van der Waals surface area contributed by atoms with E-state index in [0.717, 1.165) is 22.5 Å². The van der Waals surface area contributed by atoms with E-state index >= 15 is 0 Å². The lowest BCUT2D eigenvalue weighted by molar-refractivity contribution is 0.103. The van der Waals surface area contributed by atoms with Gasteiger partial charge in [-0.25, -0.2) is 8.42 Å². The van der Waals surface area contributed by atoms with E-state index in [-0.39, 0.29) is 15.0 Å². The van der Waals surface area contributed by atoms with Gasteiger partial charge in [-0.1, -0.05) is 35.9 Å². The molecule has 1 amide bonds. The van der Waals surface area contributed by atoms with Crippen LogP contribution in [0.5, 0.6) is 0 Å². The Labute approximate surface area is 151 Å². The van der Waals surface area contributed by atoms with E-state index in [1.807, 2.05) is 38.1 Å². The molecule has 0 unspecified atom stereocenters. The Bertz CT molecular complexity index is 1020. The predicted molar refractivity (Wildman–Crippen MR) is 100 cm³/mol. The van der Waals surface area contributed by atoms with Crippen LogP contribution in [0.4, 0.5) is 5.69 Å². The van der Waals surface area contributed by atoms with Crippen LogP contribution in [0.1, 0.15) is 20.8 Å². The maximum absolute atomic E-state index is 12.7. The van der Waals surface area contributed by atoms with Crippen molar-refractivity contribution in [2.24, 2.45) is 0 Å². The van der Waals surface area contributed by atoms with Crippen LogP contribution >= 0.6 is 11.3 Å². The largest absolute Gasteiger partial charge is 0.321 e. The average molecular weight is 371 g/mol. The molecule has 128 valence electrons. The number of carbonyl (C=O) groups excluding carboxylic acids is 1. The summed E-state index contributed by atoms with van der Waals surface area (Å²) in [5.74, 6) is -0.315. The quantitative estimate of drug-likeness (QED) is 0.737. The van der Waals surface area contributed by atoms with Crippen LogP contribution in [-0.2, 0) is 9.84 Å². The Kier molecular flexibility index (Phi) is 4.74. The summed E-state index contributed by atoms with van der Waals surface area (Å²) in [7, 11) is -3.61. The van der Waals surface area contributed by atoms with Gasteiger partial charge in [-0.15, -0.1) is 11.3 Å². The monoisotopic (exact) mass is 371 g/mol. The Morgan fingerprint density at radius 1 is 0.920 bits per heavy atom. The van der Waals surface area contributed by atoms with Gasteiger partial charge in [0.1, 0.15) is 4.21 Å². The van der Waals surface area contributed by atoms with E-state index in [1.165, 1.54) is 6.07 Å². The van der Waals surface area contributed by atoms with Gasteiger partial charge >= 0.3 is 0 Å². The number of anilines is 1. The van der Waals surface area contributed by atoms with Gasteiger partial charge in [-0.3, -0.25) is 4.79 Å². The van der Waals surface area contributed by atoms with Crippen LogP contribution in [0, 0.1) is 13.8 Å². The minimum absolute atomic E-state index is 0.159. The molecule has 0 aliphatic rings. The molecule has 1 heterocycles. The van der Waals surface area contributed by atoms with Crippen molar-refractivity contribution in [3.63, 3.8) is 0 Å². The maximum Gasteiger partial charge on any atom is 0.265 e. The van der Waals surface area contributed by atoms with E-state index in [2.05, 4.69) is 5.32 Å². The minimum Gasteiger partial charge on any atom is -0.321 e. The van der Waals surface area contributed by atoms with Crippen LogP contribution in [0.3, 0.4) is 0 Å². The second-order valence-corrected chi connectivity index (χ2v) is 8.96. The van der Waals surface area contributed by atoms with Crippen molar-refractivity contribution in [1.82, 2.24) is 0 Å². The first kappa shape index (κ1) is 17.4. The number of nitrogens with one attached hydrogen (secondary N) is 1. The van der Waals surface area contributed by atoms with E-state index < -0.39 is 9.84 Å². The smallest absolute Gasteiger partial charge is 0.265 e. The summed E-state index contributed by atoms with van der Waals surface area (Å²) < 4.78 is 25.5. The fraction of sp³-hybridized carbons (Fsp3) is 0.105. The predicted octanol–water partition coefficient (Wildman–Crippen LogP) is 4.45. The number of hydrogen-bond acceptors (Lipinski definition) is 4. The lowest BCUT2D eigenvalue weighted by Gasteiger charge is -2.06. The van der Waals surface area contributed by atoms with Crippen LogP contribution in [0.2, 0.25) is 0 Å². The molecule has 25 heavy (non-hydrogen) atoms. The van der Waals surface area contributed by atoms with Crippen molar-refractivity contribution >= 4 is 32.8 Å². The standard InChI is InChI=1S/C19H17NO3S2/c1-13-7-9-15(10-8-13)25(22,23)18-12-11-17(24-18)19(21)20-16-6-4-3-5-14(16)2/h3-12H,1-2H3,(H,20,21). The normalized spacial score (nSPS) is 11.3. The summed E-state index contributed by atoms with van der Waals surface area (Å²) >= 11 is 0.972.